The molecule has 1 saturated carbocycles. The van der Waals surface area contributed by atoms with Crippen molar-refractivity contribution < 1.29 is 14.3 Å². The third-order valence-corrected chi connectivity index (χ3v) is 3.35. The van der Waals surface area contributed by atoms with Crippen molar-refractivity contribution in [2.24, 2.45) is 5.90 Å². The van der Waals surface area contributed by atoms with E-state index in [0.29, 0.717) is 18.5 Å². The lowest BCUT2D eigenvalue weighted by Gasteiger charge is -2.28. The molecule has 0 aliphatic heterocycles. The standard InChI is InChI=1S/C12H16BrNO3/c1-15-11-6-9(13)5-8(7-16-14)12(11)17-10-3-2-4-10/h5-6,10H,2-4,7,14H2,1H3. The molecular weight excluding hydrogens is 286 g/mol. The van der Waals surface area contributed by atoms with Crippen LogP contribution in [-0.2, 0) is 11.4 Å². The van der Waals surface area contributed by atoms with Crippen LogP contribution in [0.4, 0.5) is 0 Å². The Hall–Kier alpha value is -0.780. The summed E-state index contributed by atoms with van der Waals surface area (Å²) in [5.74, 6) is 6.58. The van der Waals surface area contributed by atoms with Crippen molar-refractivity contribution >= 4 is 15.9 Å². The zero-order chi connectivity index (χ0) is 12.3. The molecular formula is C12H16BrNO3. The van der Waals surface area contributed by atoms with Crippen molar-refractivity contribution in [3.05, 3.63) is 22.2 Å². The van der Waals surface area contributed by atoms with Gasteiger partial charge in [-0.1, -0.05) is 15.9 Å². The molecule has 1 aliphatic carbocycles. The fraction of sp³-hybridized carbons (Fsp3) is 0.500. The molecule has 1 aromatic carbocycles. The number of ether oxygens (including phenoxy) is 2. The molecule has 5 heteroatoms. The summed E-state index contributed by atoms with van der Waals surface area (Å²) in [6.45, 7) is 0.303. The molecule has 94 valence electrons. The van der Waals surface area contributed by atoms with Gasteiger partial charge in [-0.15, -0.1) is 0 Å². The summed E-state index contributed by atoms with van der Waals surface area (Å²) in [5, 5.41) is 0. The van der Waals surface area contributed by atoms with E-state index in [1.807, 2.05) is 12.1 Å². The largest absolute Gasteiger partial charge is 0.493 e. The maximum absolute atomic E-state index is 5.93. The fourth-order valence-electron chi connectivity index (χ4n) is 1.76. The first-order valence-electron chi connectivity index (χ1n) is 5.59. The average molecular weight is 302 g/mol. The smallest absolute Gasteiger partial charge is 0.167 e. The van der Waals surface area contributed by atoms with Gasteiger partial charge < -0.3 is 9.47 Å². The molecule has 0 amide bonds. The normalized spacial score (nSPS) is 15.5. The first-order chi connectivity index (χ1) is 8.24. The number of methoxy groups -OCH3 is 1. The van der Waals surface area contributed by atoms with Gasteiger partial charge in [-0.2, -0.15) is 0 Å². The Morgan fingerprint density at radius 2 is 2.18 bits per heavy atom. The van der Waals surface area contributed by atoms with Crippen LogP contribution in [0.2, 0.25) is 0 Å². The van der Waals surface area contributed by atoms with E-state index in [-0.39, 0.29) is 0 Å². The van der Waals surface area contributed by atoms with Crippen LogP contribution in [-0.4, -0.2) is 13.2 Å². The molecule has 0 unspecified atom stereocenters. The van der Waals surface area contributed by atoms with Gasteiger partial charge in [0.2, 0.25) is 0 Å². The molecule has 2 rings (SSSR count). The lowest BCUT2D eigenvalue weighted by atomic mass is 9.96. The molecule has 1 fully saturated rings. The van der Waals surface area contributed by atoms with Gasteiger partial charge in [0.15, 0.2) is 11.5 Å². The molecule has 1 aromatic rings. The van der Waals surface area contributed by atoms with Crippen LogP contribution >= 0.6 is 15.9 Å². The van der Waals surface area contributed by atoms with Crippen molar-refractivity contribution in [1.29, 1.82) is 0 Å². The lowest BCUT2D eigenvalue weighted by Crippen LogP contribution is -2.25. The van der Waals surface area contributed by atoms with E-state index in [1.165, 1.54) is 6.42 Å². The SMILES string of the molecule is COc1cc(Br)cc(CON)c1OC1CCC1. The number of hydrogen-bond donors (Lipinski definition) is 1. The van der Waals surface area contributed by atoms with Crippen LogP contribution in [0.5, 0.6) is 11.5 Å². The maximum Gasteiger partial charge on any atom is 0.167 e. The van der Waals surface area contributed by atoms with Gasteiger partial charge in [0.1, 0.15) is 0 Å². The second-order valence-electron chi connectivity index (χ2n) is 4.08. The molecule has 0 heterocycles. The van der Waals surface area contributed by atoms with Gasteiger partial charge in [-0.25, -0.2) is 5.90 Å². The van der Waals surface area contributed by atoms with Crippen molar-refractivity contribution in [3.63, 3.8) is 0 Å². The molecule has 4 nitrogen and oxygen atoms in total. The predicted molar refractivity (Wildman–Crippen MR) is 67.9 cm³/mol. The van der Waals surface area contributed by atoms with Gasteiger partial charge in [0.25, 0.3) is 0 Å². The summed E-state index contributed by atoms with van der Waals surface area (Å²) in [6.07, 6.45) is 3.72. The molecule has 0 bridgehead atoms. The second kappa shape index (κ2) is 5.71. The summed E-state index contributed by atoms with van der Waals surface area (Å²) in [5.41, 5.74) is 0.894. The van der Waals surface area contributed by atoms with E-state index in [9.17, 15) is 0 Å². The molecule has 0 atom stereocenters. The Kier molecular flexibility index (Phi) is 4.25. The highest BCUT2D eigenvalue weighted by molar-refractivity contribution is 9.10. The Balaban J connectivity index is 2.29. The third kappa shape index (κ3) is 2.91. The minimum Gasteiger partial charge on any atom is -0.493 e. The highest BCUT2D eigenvalue weighted by atomic mass is 79.9. The summed E-state index contributed by atoms with van der Waals surface area (Å²) in [4.78, 5) is 4.70. The Morgan fingerprint density at radius 3 is 2.71 bits per heavy atom. The van der Waals surface area contributed by atoms with E-state index in [1.54, 1.807) is 7.11 Å². The number of nitrogens with two attached hydrogens (primary N) is 1. The summed E-state index contributed by atoms with van der Waals surface area (Å²) in [7, 11) is 1.63. The molecule has 17 heavy (non-hydrogen) atoms. The zero-order valence-corrected chi connectivity index (χ0v) is 11.3. The summed E-state index contributed by atoms with van der Waals surface area (Å²) in [6, 6.07) is 3.82. The Morgan fingerprint density at radius 1 is 1.41 bits per heavy atom. The Bertz CT molecular complexity index is 394. The third-order valence-electron chi connectivity index (χ3n) is 2.89. The first-order valence-corrected chi connectivity index (χ1v) is 6.38. The van der Waals surface area contributed by atoms with Gasteiger partial charge in [-0.05, 0) is 31.4 Å². The minimum atomic E-state index is 0.293. The van der Waals surface area contributed by atoms with E-state index in [4.69, 9.17) is 20.2 Å². The fourth-order valence-corrected chi connectivity index (χ4v) is 2.24. The second-order valence-corrected chi connectivity index (χ2v) is 4.99. The van der Waals surface area contributed by atoms with Crippen LogP contribution in [0.3, 0.4) is 0 Å². The summed E-state index contributed by atoms with van der Waals surface area (Å²) >= 11 is 3.42. The van der Waals surface area contributed by atoms with Crippen molar-refractivity contribution in [2.45, 2.75) is 32.0 Å². The molecule has 0 radical (unpaired) electrons. The molecule has 0 spiro atoms. The van der Waals surface area contributed by atoms with E-state index < -0.39 is 0 Å². The number of benzene rings is 1. The van der Waals surface area contributed by atoms with Gasteiger partial charge in [0, 0.05) is 10.0 Å². The molecule has 1 aliphatic rings. The van der Waals surface area contributed by atoms with E-state index in [0.717, 1.165) is 28.6 Å². The number of rotatable bonds is 5. The van der Waals surface area contributed by atoms with Crippen molar-refractivity contribution in [1.82, 2.24) is 0 Å². The molecule has 2 N–H and O–H groups in total. The Labute approximate surface area is 109 Å². The molecule has 0 saturated heterocycles. The minimum absolute atomic E-state index is 0.293. The first kappa shape index (κ1) is 12.7. The maximum atomic E-state index is 5.93. The average Bonchev–Trinajstić information content (AvgIpc) is 2.25. The van der Waals surface area contributed by atoms with Crippen molar-refractivity contribution in [2.75, 3.05) is 7.11 Å². The number of hydrogen-bond acceptors (Lipinski definition) is 4. The quantitative estimate of drug-likeness (QED) is 0.850. The van der Waals surface area contributed by atoms with Gasteiger partial charge in [-0.3, -0.25) is 4.84 Å². The highest BCUT2D eigenvalue weighted by Crippen LogP contribution is 2.38. The number of halogens is 1. The van der Waals surface area contributed by atoms with Crippen LogP contribution in [0, 0.1) is 0 Å². The van der Waals surface area contributed by atoms with Crippen LogP contribution < -0.4 is 15.4 Å². The van der Waals surface area contributed by atoms with Crippen LogP contribution in [0.25, 0.3) is 0 Å². The highest BCUT2D eigenvalue weighted by Gasteiger charge is 2.23. The van der Waals surface area contributed by atoms with Crippen LogP contribution in [0.1, 0.15) is 24.8 Å². The van der Waals surface area contributed by atoms with Crippen molar-refractivity contribution in [3.8, 4) is 11.5 Å². The van der Waals surface area contributed by atoms with Crippen LogP contribution in [0.15, 0.2) is 16.6 Å². The molecule has 0 aromatic heterocycles. The lowest BCUT2D eigenvalue weighted by molar-refractivity contribution is 0.0983. The van der Waals surface area contributed by atoms with E-state index in [2.05, 4.69) is 15.9 Å². The monoisotopic (exact) mass is 301 g/mol. The topological polar surface area (TPSA) is 53.7 Å². The van der Waals surface area contributed by atoms with Gasteiger partial charge >= 0.3 is 0 Å². The van der Waals surface area contributed by atoms with Gasteiger partial charge in [0.05, 0.1) is 19.8 Å². The zero-order valence-electron chi connectivity index (χ0n) is 9.74. The van der Waals surface area contributed by atoms with E-state index >= 15 is 0 Å². The summed E-state index contributed by atoms with van der Waals surface area (Å²) < 4.78 is 12.2. The predicted octanol–water partition coefficient (Wildman–Crippen LogP) is 2.78.